The van der Waals surface area contributed by atoms with E-state index in [2.05, 4.69) is 42.3 Å². The van der Waals surface area contributed by atoms with Crippen LogP contribution in [0.5, 0.6) is 5.75 Å². The molecule has 3 nitrogen and oxygen atoms in total. The number of hydrogen-bond acceptors (Lipinski definition) is 3. The molecule has 0 spiro atoms. The van der Waals surface area contributed by atoms with E-state index in [0.717, 1.165) is 18.2 Å². The van der Waals surface area contributed by atoms with Gasteiger partial charge in [0.25, 0.3) is 0 Å². The van der Waals surface area contributed by atoms with Crippen LogP contribution in [0.25, 0.3) is 0 Å². The maximum Gasteiger partial charge on any atom is 0.124 e. The molecule has 3 atom stereocenters. The number of benzene rings is 1. The van der Waals surface area contributed by atoms with Gasteiger partial charge >= 0.3 is 0 Å². The van der Waals surface area contributed by atoms with Crippen LogP contribution in [0, 0.1) is 5.92 Å². The van der Waals surface area contributed by atoms with Crippen molar-refractivity contribution in [1.29, 1.82) is 0 Å². The molecule has 1 N–H and O–H groups in total. The van der Waals surface area contributed by atoms with Gasteiger partial charge in [0.05, 0.1) is 6.61 Å². The molecule has 3 heteroatoms. The summed E-state index contributed by atoms with van der Waals surface area (Å²) in [6.45, 7) is 9.75. The lowest BCUT2D eigenvalue weighted by molar-refractivity contribution is 0.102. The molecule has 1 aliphatic heterocycles. The van der Waals surface area contributed by atoms with Gasteiger partial charge in [-0.05, 0) is 52.3 Å². The standard InChI is InChI=1S/C18H30N2O/c1-5-21-18-11-7-6-10-16(18)17(19-4)13-20-12-8-9-14(2)15(20)3/h6-7,10-11,14-15,17,19H,5,8-9,12-13H2,1-4H3. The number of hydrogen-bond donors (Lipinski definition) is 1. The van der Waals surface area contributed by atoms with Gasteiger partial charge in [-0.2, -0.15) is 0 Å². The van der Waals surface area contributed by atoms with Crippen molar-refractivity contribution in [3.8, 4) is 5.75 Å². The molecule has 1 saturated heterocycles. The third-order valence-corrected chi connectivity index (χ3v) is 4.86. The lowest BCUT2D eigenvalue weighted by atomic mass is 9.91. The van der Waals surface area contributed by atoms with Gasteiger partial charge in [-0.3, -0.25) is 4.90 Å². The van der Waals surface area contributed by atoms with Crippen LogP contribution in [0.15, 0.2) is 24.3 Å². The SMILES string of the molecule is CCOc1ccccc1C(CN1CCCC(C)C1C)NC. The molecule has 1 aromatic rings. The number of nitrogens with one attached hydrogen (secondary N) is 1. The van der Waals surface area contributed by atoms with E-state index in [9.17, 15) is 0 Å². The molecule has 2 rings (SSSR count). The second-order valence-corrected chi connectivity index (χ2v) is 6.17. The summed E-state index contributed by atoms with van der Waals surface area (Å²) in [6.07, 6.45) is 2.67. The van der Waals surface area contributed by atoms with E-state index in [-0.39, 0.29) is 0 Å². The summed E-state index contributed by atoms with van der Waals surface area (Å²) in [7, 11) is 2.05. The number of piperidine rings is 1. The number of para-hydroxylation sites is 1. The Kier molecular flexibility index (Phi) is 6.07. The molecule has 0 saturated carbocycles. The fourth-order valence-electron chi connectivity index (χ4n) is 3.31. The quantitative estimate of drug-likeness (QED) is 0.868. The van der Waals surface area contributed by atoms with Gasteiger partial charge in [0.2, 0.25) is 0 Å². The zero-order chi connectivity index (χ0) is 15.2. The highest BCUT2D eigenvalue weighted by Crippen LogP contribution is 2.29. The van der Waals surface area contributed by atoms with E-state index < -0.39 is 0 Å². The predicted molar refractivity (Wildman–Crippen MR) is 88.8 cm³/mol. The van der Waals surface area contributed by atoms with Crippen molar-refractivity contribution in [2.45, 2.75) is 45.7 Å². The van der Waals surface area contributed by atoms with Crippen molar-refractivity contribution in [1.82, 2.24) is 10.2 Å². The summed E-state index contributed by atoms with van der Waals surface area (Å²) in [4.78, 5) is 2.62. The lowest BCUT2D eigenvalue weighted by Gasteiger charge is -2.40. The van der Waals surface area contributed by atoms with Crippen LogP contribution in [0.2, 0.25) is 0 Å². The first-order valence-electron chi connectivity index (χ1n) is 8.30. The van der Waals surface area contributed by atoms with Gasteiger partial charge in [-0.15, -0.1) is 0 Å². The fourth-order valence-corrected chi connectivity index (χ4v) is 3.31. The predicted octanol–water partition coefficient (Wildman–Crippen LogP) is 3.47. The Morgan fingerprint density at radius 2 is 2.10 bits per heavy atom. The number of rotatable bonds is 6. The van der Waals surface area contributed by atoms with Crippen molar-refractivity contribution in [2.24, 2.45) is 5.92 Å². The Hall–Kier alpha value is -1.06. The second kappa shape index (κ2) is 7.81. The molecule has 1 aliphatic rings. The molecule has 0 aliphatic carbocycles. The summed E-state index contributed by atoms with van der Waals surface area (Å²) in [5.74, 6) is 1.80. The highest BCUT2D eigenvalue weighted by atomic mass is 16.5. The minimum Gasteiger partial charge on any atom is -0.494 e. The van der Waals surface area contributed by atoms with Crippen molar-refractivity contribution >= 4 is 0 Å². The first kappa shape index (κ1) is 16.3. The second-order valence-electron chi connectivity index (χ2n) is 6.17. The lowest BCUT2D eigenvalue weighted by Crippen LogP contribution is -2.46. The van der Waals surface area contributed by atoms with Gasteiger partial charge in [0.1, 0.15) is 5.75 Å². The Bertz CT molecular complexity index is 435. The maximum atomic E-state index is 5.80. The molecule has 1 heterocycles. The maximum absolute atomic E-state index is 5.80. The Labute approximate surface area is 129 Å². The summed E-state index contributed by atoms with van der Waals surface area (Å²) in [6, 6.07) is 9.39. The first-order valence-corrected chi connectivity index (χ1v) is 8.30. The largest absolute Gasteiger partial charge is 0.494 e. The van der Waals surface area contributed by atoms with Gasteiger partial charge < -0.3 is 10.1 Å². The van der Waals surface area contributed by atoms with Crippen molar-refractivity contribution in [3.05, 3.63) is 29.8 Å². The van der Waals surface area contributed by atoms with E-state index in [1.807, 2.05) is 20.0 Å². The minimum absolute atomic E-state index is 0.320. The van der Waals surface area contributed by atoms with Gasteiger partial charge in [0.15, 0.2) is 0 Å². The normalized spacial score (nSPS) is 24.8. The molecule has 0 aromatic heterocycles. The van der Waals surface area contributed by atoms with E-state index in [4.69, 9.17) is 4.74 Å². The van der Waals surface area contributed by atoms with E-state index in [1.165, 1.54) is 24.9 Å². The molecular formula is C18H30N2O. The third kappa shape index (κ3) is 3.98. The fraction of sp³-hybridized carbons (Fsp3) is 0.667. The van der Waals surface area contributed by atoms with Gasteiger partial charge in [-0.1, -0.05) is 25.1 Å². The topological polar surface area (TPSA) is 24.5 Å². The van der Waals surface area contributed by atoms with Crippen LogP contribution < -0.4 is 10.1 Å². The number of likely N-dealkylation sites (N-methyl/N-ethyl adjacent to an activating group) is 1. The van der Waals surface area contributed by atoms with Gasteiger partial charge in [0, 0.05) is 24.2 Å². The van der Waals surface area contributed by atoms with E-state index >= 15 is 0 Å². The summed E-state index contributed by atoms with van der Waals surface area (Å²) < 4.78 is 5.80. The molecule has 3 unspecified atom stereocenters. The average molecular weight is 290 g/mol. The van der Waals surface area contributed by atoms with Crippen molar-refractivity contribution in [3.63, 3.8) is 0 Å². The summed E-state index contributed by atoms with van der Waals surface area (Å²) >= 11 is 0. The average Bonchev–Trinajstić information content (AvgIpc) is 2.50. The van der Waals surface area contributed by atoms with Crippen molar-refractivity contribution < 1.29 is 4.74 Å². The molecule has 1 aromatic carbocycles. The van der Waals surface area contributed by atoms with E-state index in [1.54, 1.807) is 0 Å². The Morgan fingerprint density at radius 3 is 2.81 bits per heavy atom. The van der Waals surface area contributed by atoms with Crippen LogP contribution in [0.3, 0.4) is 0 Å². The highest BCUT2D eigenvalue weighted by molar-refractivity contribution is 5.36. The zero-order valence-corrected chi connectivity index (χ0v) is 13.9. The van der Waals surface area contributed by atoms with Gasteiger partial charge in [-0.25, -0.2) is 0 Å². The van der Waals surface area contributed by atoms with Crippen LogP contribution >= 0.6 is 0 Å². The van der Waals surface area contributed by atoms with Crippen LogP contribution in [0.4, 0.5) is 0 Å². The third-order valence-electron chi connectivity index (χ3n) is 4.86. The number of likely N-dealkylation sites (tertiary alicyclic amines) is 1. The smallest absolute Gasteiger partial charge is 0.124 e. The molecule has 21 heavy (non-hydrogen) atoms. The number of ether oxygens (including phenoxy) is 1. The minimum atomic E-state index is 0.320. The summed E-state index contributed by atoms with van der Waals surface area (Å²) in [5, 5.41) is 3.48. The first-order chi connectivity index (χ1) is 10.2. The molecular weight excluding hydrogens is 260 g/mol. The monoisotopic (exact) mass is 290 g/mol. The zero-order valence-electron chi connectivity index (χ0n) is 13.9. The number of nitrogens with zero attached hydrogens (tertiary/aromatic N) is 1. The molecule has 118 valence electrons. The summed E-state index contributed by atoms with van der Waals surface area (Å²) in [5.41, 5.74) is 1.27. The Balaban J connectivity index is 2.12. The Morgan fingerprint density at radius 1 is 1.33 bits per heavy atom. The molecule has 0 amide bonds. The van der Waals surface area contributed by atoms with Crippen LogP contribution in [-0.2, 0) is 0 Å². The van der Waals surface area contributed by atoms with Crippen molar-refractivity contribution in [2.75, 3.05) is 26.7 Å². The van der Waals surface area contributed by atoms with Crippen LogP contribution in [0.1, 0.15) is 45.2 Å². The molecule has 1 fully saturated rings. The molecule has 0 radical (unpaired) electrons. The highest BCUT2D eigenvalue weighted by Gasteiger charge is 2.27. The van der Waals surface area contributed by atoms with Crippen LogP contribution in [-0.4, -0.2) is 37.7 Å². The molecule has 0 bridgehead atoms. The van der Waals surface area contributed by atoms with E-state index in [0.29, 0.717) is 18.7 Å².